The number of benzene rings is 2. The first-order valence-corrected chi connectivity index (χ1v) is 5.23. The summed E-state index contributed by atoms with van der Waals surface area (Å²) < 4.78 is 5.49. The molecular formula is C14H12O3. The first-order valence-electron chi connectivity index (χ1n) is 5.23. The number of hydrogen-bond acceptors (Lipinski definition) is 2. The minimum Gasteiger partial charge on any atom is -0.489 e. The summed E-state index contributed by atoms with van der Waals surface area (Å²) >= 11 is 0. The van der Waals surface area contributed by atoms with Gasteiger partial charge in [0.05, 0.1) is 5.56 Å². The Morgan fingerprint density at radius 2 is 1.94 bits per heavy atom. The summed E-state index contributed by atoms with van der Waals surface area (Å²) in [6.45, 7) is 3.98. The Hall–Kier alpha value is -2.29. The van der Waals surface area contributed by atoms with Gasteiger partial charge >= 0.3 is 5.97 Å². The third-order valence-electron chi connectivity index (χ3n) is 2.47. The fourth-order valence-corrected chi connectivity index (χ4v) is 1.73. The van der Waals surface area contributed by atoms with Crippen LogP contribution in [0.15, 0.2) is 49.1 Å². The molecule has 0 saturated carbocycles. The summed E-state index contributed by atoms with van der Waals surface area (Å²) in [6, 6.07) is 10.5. The molecule has 0 aliphatic heterocycles. The Balaban J connectivity index is 2.61. The van der Waals surface area contributed by atoms with Crippen molar-refractivity contribution in [2.24, 2.45) is 0 Å². The lowest BCUT2D eigenvalue weighted by Crippen LogP contribution is -1.99. The van der Waals surface area contributed by atoms with Crippen LogP contribution in [0.4, 0.5) is 0 Å². The first kappa shape index (κ1) is 11.2. The summed E-state index contributed by atoms with van der Waals surface area (Å²) in [5.74, 6) is -0.262. The summed E-state index contributed by atoms with van der Waals surface area (Å²) in [7, 11) is 0. The average molecular weight is 228 g/mol. The van der Waals surface area contributed by atoms with Gasteiger partial charge in [0, 0.05) is 5.39 Å². The average Bonchev–Trinajstić information content (AvgIpc) is 2.35. The highest BCUT2D eigenvalue weighted by molar-refractivity contribution is 6.05. The number of carboxylic acid groups (broad SMARTS) is 1. The van der Waals surface area contributed by atoms with Gasteiger partial charge in [0.15, 0.2) is 0 Å². The number of ether oxygens (including phenoxy) is 1. The normalized spacial score (nSPS) is 10.1. The molecule has 0 heterocycles. The van der Waals surface area contributed by atoms with E-state index in [1.165, 1.54) is 0 Å². The van der Waals surface area contributed by atoms with E-state index in [-0.39, 0.29) is 5.56 Å². The van der Waals surface area contributed by atoms with Gasteiger partial charge in [-0.2, -0.15) is 0 Å². The molecule has 2 rings (SSSR count). The van der Waals surface area contributed by atoms with Gasteiger partial charge in [-0.3, -0.25) is 0 Å². The highest BCUT2D eigenvalue weighted by atomic mass is 16.5. The van der Waals surface area contributed by atoms with Crippen LogP contribution in [0.2, 0.25) is 0 Å². The number of hydrogen-bond donors (Lipinski definition) is 1. The predicted octanol–water partition coefficient (Wildman–Crippen LogP) is 3.10. The Morgan fingerprint density at radius 3 is 2.59 bits per heavy atom. The number of aromatic carboxylic acids is 1. The van der Waals surface area contributed by atoms with E-state index in [4.69, 9.17) is 9.84 Å². The van der Waals surface area contributed by atoms with E-state index in [2.05, 4.69) is 6.58 Å². The van der Waals surface area contributed by atoms with Crippen LogP contribution in [-0.2, 0) is 0 Å². The second-order valence-corrected chi connectivity index (χ2v) is 3.56. The van der Waals surface area contributed by atoms with E-state index in [1.54, 1.807) is 24.3 Å². The van der Waals surface area contributed by atoms with Crippen molar-refractivity contribution in [1.29, 1.82) is 0 Å². The van der Waals surface area contributed by atoms with Crippen LogP contribution in [0.3, 0.4) is 0 Å². The monoisotopic (exact) mass is 228 g/mol. The van der Waals surface area contributed by atoms with Crippen LogP contribution in [0.25, 0.3) is 10.8 Å². The fourth-order valence-electron chi connectivity index (χ4n) is 1.73. The lowest BCUT2D eigenvalue weighted by atomic mass is 10.0. The van der Waals surface area contributed by atoms with Crippen LogP contribution in [0, 0.1) is 0 Å². The number of fused-ring (bicyclic) bond motifs is 1. The van der Waals surface area contributed by atoms with Crippen molar-refractivity contribution in [2.75, 3.05) is 6.61 Å². The van der Waals surface area contributed by atoms with Crippen LogP contribution < -0.4 is 4.74 Å². The minimum atomic E-state index is -0.934. The van der Waals surface area contributed by atoms with Crippen LogP contribution in [0.5, 0.6) is 5.75 Å². The van der Waals surface area contributed by atoms with Crippen LogP contribution >= 0.6 is 0 Å². The number of carboxylic acids is 1. The largest absolute Gasteiger partial charge is 0.489 e. The van der Waals surface area contributed by atoms with Crippen LogP contribution in [-0.4, -0.2) is 17.7 Å². The molecule has 0 aliphatic carbocycles. The summed E-state index contributed by atoms with van der Waals surface area (Å²) in [5, 5.41) is 10.6. The van der Waals surface area contributed by atoms with Gasteiger partial charge in [-0.05, 0) is 17.5 Å². The Morgan fingerprint density at radius 1 is 1.24 bits per heavy atom. The van der Waals surface area contributed by atoms with E-state index >= 15 is 0 Å². The Labute approximate surface area is 99.0 Å². The van der Waals surface area contributed by atoms with Crippen LogP contribution in [0.1, 0.15) is 10.4 Å². The Bertz CT molecular complexity index is 573. The molecule has 0 bridgehead atoms. The summed E-state index contributed by atoms with van der Waals surface area (Å²) in [6.07, 6.45) is 1.65. The Kier molecular flexibility index (Phi) is 3.10. The zero-order valence-electron chi connectivity index (χ0n) is 9.22. The standard InChI is InChI=1S/C14H12O3/c1-2-9-17-13-8-7-12(14(15)16)10-5-3-4-6-11(10)13/h2-8H,1,9H2,(H,15,16). The molecule has 86 valence electrons. The molecule has 2 aromatic carbocycles. The van der Waals surface area contributed by atoms with Crippen molar-refractivity contribution < 1.29 is 14.6 Å². The third-order valence-corrected chi connectivity index (χ3v) is 2.47. The maximum absolute atomic E-state index is 11.1. The van der Waals surface area contributed by atoms with E-state index in [0.29, 0.717) is 17.7 Å². The van der Waals surface area contributed by atoms with Gasteiger partial charge in [-0.1, -0.05) is 36.9 Å². The van der Waals surface area contributed by atoms with Gasteiger partial charge in [0.2, 0.25) is 0 Å². The molecule has 17 heavy (non-hydrogen) atoms. The molecular weight excluding hydrogens is 216 g/mol. The molecule has 0 aliphatic rings. The molecule has 0 spiro atoms. The molecule has 1 N–H and O–H groups in total. The number of rotatable bonds is 4. The molecule has 0 amide bonds. The smallest absolute Gasteiger partial charge is 0.336 e. The summed E-state index contributed by atoms with van der Waals surface area (Å²) in [4.78, 5) is 11.1. The van der Waals surface area contributed by atoms with Crippen molar-refractivity contribution in [2.45, 2.75) is 0 Å². The molecule has 2 aromatic rings. The highest BCUT2D eigenvalue weighted by Gasteiger charge is 2.10. The van der Waals surface area contributed by atoms with Gasteiger partial charge in [0.1, 0.15) is 12.4 Å². The zero-order chi connectivity index (χ0) is 12.3. The molecule has 3 nitrogen and oxygen atoms in total. The maximum Gasteiger partial charge on any atom is 0.336 e. The van der Waals surface area contributed by atoms with Crippen molar-refractivity contribution in [1.82, 2.24) is 0 Å². The van der Waals surface area contributed by atoms with Crippen molar-refractivity contribution in [3.05, 3.63) is 54.6 Å². The molecule has 3 heteroatoms. The van der Waals surface area contributed by atoms with E-state index in [1.807, 2.05) is 18.2 Å². The van der Waals surface area contributed by atoms with E-state index in [9.17, 15) is 4.79 Å². The van der Waals surface area contributed by atoms with Gasteiger partial charge in [0.25, 0.3) is 0 Å². The highest BCUT2D eigenvalue weighted by Crippen LogP contribution is 2.28. The first-order chi connectivity index (χ1) is 8.24. The molecule has 0 radical (unpaired) electrons. The molecule has 0 atom stereocenters. The molecule has 0 aromatic heterocycles. The second kappa shape index (κ2) is 4.70. The predicted molar refractivity (Wildman–Crippen MR) is 66.6 cm³/mol. The van der Waals surface area contributed by atoms with Gasteiger partial charge in [-0.25, -0.2) is 4.79 Å². The molecule has 0 saturated heterocycles. The quantitative estimate of drug-likeness (QED) is 0.818. The summed E-state index contributed by atoms with van der Waals surface area (Å²) in [5.41, 5.74) is 0.284. The van der Waals surface area contributed by atoms with E-state index < -0.39 is 5.97 Å². The van der Waals surface area contributed by atoms with E-state index in [0.717, 1.165) is 5.39 Å². The molecule has 0 unspecified atom stereocenters. The second-order valence-electron chi connectivity index (χ2n) is 3.56. The van der Waals surface area contributed by atoms with Crippen molar-refractivity contribution >= 4 is 16.7 Å². The minimum absolute atomic E-state index is 0.284. The third kappa shape index (κ3) is 2.13. The topological polar surface area (TPSA) is 46.5 Å². The maximum atomic E-state index is 11.1. The van der Waals surface area contributed by atoms with Gasteiger partial charge < -0.3 is 9.84 Å². The fraction of sp³-hybridized carbons (Fsp3) is 0.0714. The van der Waals surface area contributed by atoms with Crippen molar-refractivity contribution in [3.63, 3.8) is 0 Å². The SMILES string of the molecule is C=CCOc1ccc(C(=O)O)c2ccccc12. The lowest BCUT2D eigenvalue weighted by Gasteiger charge is -2.09. The van der Waals surface area contributed by atoms with Crippen molar-refractivity contribution in [3.8, 4) is 5.75 Å². The molecule has 0 fully saturated rings. The zero-order valence-corrected chi connectivity index (χ0v) is 9.22. The number of carbonyl (C=O) groups is 1. The lowest BCUT2D eigenvalue weighted by molar-refractivity contribution is 0.0699. The van der Waals surface area contributed by atoms with Gasteiger partial charge in [-0.15, -0.1) is 0 Å².